The molecular formula is C27H36N4O3. The molecule has 1 saturated carbocycles. The molecule has 1 aliphatic carbocycles. The number of fused-ring (bicyclic) bond motifs is 1. The molecule has 1 spiro atoms. The zero-order chi connectivity index (χ0) is 24.1. The summed E-state index contributed by atoms with van der Waals surface area (Å²) < 4.78 is 0. The van der Waals surface area contributed by atoms with Gasteiger partial charge in [-0.05, 0) is 67.4 Å². The van der Waals surface area contributed by atoms with Crippen LogP contribution in [0.4, 0.5) is 4.79 Å². The van der Waals surface area contributed by atoms with E-state index in [4.69, 9.17) is 0 Å². The molecule has 2 N–H and O–H groups in total. The number of nitrogens with one attached hydrogen (secondary N) is 2. The molecule has 3 aliphatic rings. The Hall–Kier alpha value is -2.83. The molecule has 1 aromatic carbocycles. The van der Waals surface area contributed by atoms with E-state index in [1.54, 1.807) is 0 Å². The Bertz CT molecular complexity index is 1100. The van der Waals surface area contributed by atoms with Crippen LogP contribution in [0.2, 0.25) is 0 Å². The van der Waals surface area contributed by atoms with Gasteiger partial charge in [0, 0.05) is 30.2 Å². The summed E-state index contributed by atoms with van der Waals surface area (Å²) in [5.74, 6) is 0.586. The number of aromatic amines is 1. The molecule has 2 aromatic rings. The maximum absolute atomic E-state index is 13.3. The van der Waals surface area contributed by atoms with Crippen molar-refractivity contribution < 1.29 is 14.4 Å². The quantitative estimate of drug-likeness (QED) is 0.660. The van der Waals surface area contributed by atoms with Gasteiger partial charge in [0.2, 0.25) is 5.91 Å². The number of benzene rings is 1. The molecule has 34 heavy (non-hydrogen) atoms. The zero-order valence-corrected chi connectivity index (χ0v) is 20.5. The number of imide groups is 1. The highest BCUT2D eigenvalue weighted by atomic mass is 16.2. The molecule has 0 unspecified atom stereocenters. The summed E-state index contributed by atoms with van der Waals surface area (Å²) in [5.41, 5.74) is 1.83. The van der Waals surface area contributed by atoms with E-state index in [-0.39, 0.29) is 23.8 Å². The molecule has 3 fully saturated rings. The minimum atomic E-state index is -0.818. The molecular weight excluding hydrogens is 428 g/mol. The molecule has 0 bridgehead atoms. The number of nitrogens with zero attached hydrogens (tertiary/aromatic N) is 2. The van der Waals surface area contributed by atoms with Crippen LogP contribution in [0.25, 0.3) is 10.9 Å². The molecule has 2 aliphatic heterocycles. The second kappa shape index (κ2) is 8.43. The third-order valence-electron chi connectivity index (χ3n) is 8.51. The zero-order valence-electron chi connectivity index (χ0n) is 20.5. The smallest absolute Gasteiger partial charge is 0.325 e. The molecule has 0 radical (unpaired) electrons. The molecule has 7 heteroatoms. The van der Waals surface area contributed by atoms with Crippen LogP contribution in [0.3, 0.4) is 0 Å². The van der Waals surface area contributed by atoms with Crippen molar-refractivity contribution in [2.75, 3.05) is 19.6 Å². The average molecular weight is 465 g/mol. The molecule has 2 saturated heterocycles. The van der Waals surface area contributed by atoms with Crippen LogP contribution in [-0.4, -0.2) is 57.8 Å². The van der Waals surface area contributed by atoms with Crippen molar-refractivity contribution in [3.05, 3.63) is 36.0 Å². The largest absolute Gasteiger partial charge is 0.361 e. The predicted octanol–water partition coefficient (Wildman–Crippen LogP) is 4.40. The van der Waals surface area contributed by atoms with Crippen LogP contribution in [0, 0.1) is 11.3 Å². The summed E-state index contributed by atoms with van der Waals surface area (Å²) in [5, 5.41) is 4.20. The van der Waals surface area contributed by atoms with E-state index in [0.29, 0.717) is 37.8 Å². The summed E-state index contributed by atoms with van der Waals surface area (Å²) in [6, 6.07) is 7.89. The number of hydrogen-bond acceptors (Lipinski definition) is 3. The van der Waals surface area contributed by atoms with Crippen molar-refractivity contribution in [1.29, 1.82) is 0 Å². The van der Waals surface area contributed by atoms with E-state index in [1.807, 2.05) is 11.0 Å². The Morgan fingerprint density at radius 3 is 2.41 bits per heavy atom. The van der Waals surface area contributed by atoms with E-state index >= 15 is 0 Å². The third-order valence-corrected chi connectivity index (χ3v) is 8.51. The summed E-state index contributed by atoms with van der Waals surface area (Å²) in [7, 11) is 0. The van der Waals surface area contributed by atoms with Gasteiger partial charge in [0.05, 0.1) is 0 Å². The Morgan fingerprint density at radius 2 is 1.74 bits per heavy atom. The summed E-state index contributed by atoms with van der Waals surface area (Å²) in [4.78, 5) is 45.3. The number of urea groups is 1. The number of piperidine rings is 1. The second-order valence-electron chi connectivity index (χ2n) is 11.5. The monoisotopic (exact) mass is 464 g/mol. The SMILES string of the molecule is CC(C)(C)C1CCC2(CC1)NC(=O)N(CC(=O)N1CCC(c3c[nH]c4ccccc34)CC1)C2=O. The predicted molar refractivity (Wildman–Crippen MR) is 131 cm³/mol. The lowest BCUT2D eigenvalue weighted by atomic mass is 9.67. The van der Waals surface area contributed by atoms with Crippen LogP contribution in [0.1, 0.15) is 70.8 Å². The van der Waals surface area contributed by atoms with E-state index in [9.17, 15) is 14.4 Å². The van der Waals surface area contributed by atoms with Gasteiger partial charge in [0.25, 0.3) is 5.91 Å². The summed E-state index contributed by atoms with van der Waals surface area (Å²) in [6.45, 7) is 7.83. The van der Waals surface area contributed by atoms with Crippen LogP contribution in [0.5, 0.6) is 0 Å². The molecule has 7 nitrogen and oxygen atoms in total. The van der Waals surface area contributed by atoms with Crippen molar-refractivity contribution >= 4 is 28.7 Å². The molecule has 3 heterocycles. The highest BCUT2D eigenvalue weighted by molar-refractivity contribution is 6.09. The molecule has 4 amide bonds. The number of amides is 4. The first-order chi connectivity index (χ1) is 16.2. The van der Waals surface area contributed by atoms with Gasteiger partial charge < -0.3 is 15.2 Å². The van der Waals surface area contributed by atoms with E-state index in [1.165, 1.54) is 10.9 Å². The topological polar surface area (TPSA) is 85.5 Å². The Morgan fingerprint density at radius 1 is 1.06 bits per heavy atom. The van der Waals surface area contributed by atoms with Gasteiger partial charge in [-0.3, -0.25) is 14.5 Å². The van der Waals surface area contributed by atoms with Gasteiger partial charge in [-0.1, -0.05) is 39.0 Å². The standard InChI is InChI=1S/C27H36N4O3/c1-26(2,3)19-8-12-27(13-9-19)24(33)31(25(34)29-27)17-23(32)30-14-10-18(11-15-30)21-16-28-22-7-5-4-6-20(21)22/h4-7,16,18-19,28H,8-15,17H2,1-3H3,(H,29,34). The lowest BCUT2D eigenvalue weighted by Crippen LogP contribution is -2.51. The minimum absolute atomic E-state index is 0.138. The molecule has 1 aromatic heterocycles. The summed E-state index contributed by atoms with van der Waals surface area (Å²) in [6.07, 6.45) is 6.99. The lowest BCUT2D eigenvalue weighted by Gasteiger charge is -2.40. The molecule has 182 valence electrons. The average Bonchev–Trinajstić information content (AvgIpc) is 3.34. The second-order valence-corrected chi connectivity index (χ2v) is 11.5. The third kappa shape index (κ3) is 3.99. The van der Waals surface area contributed by atoms with Gasteiger partial charge in [-0.25, -0.2) is 4.79 Å². The van der Waals surface area contributed by atoms with Gasteiger partial charge in [-0.2, -0.15) is 0 Å². The highest BCUT2D eigenvalue weighted by Crippen LogP contribution is 2.43. The number of para-hydroxylation sites is 1. The number of hydrogen-bond donors (Lipinski definition) is 2. The minimum Gasteiger partial charge on any atom is -0.361 e. The van der Waals surface area contributed by atoms with Crippen molar-refractivity contribution in [1.82, 2.24) is 20.1 Å². The Kier molecular flexibility index (Phi) is 5.69. The molecule has 5 rings (SSSR count). The first kappa shape index (κ1) is 22.9. The van der Waals surface area contributed by atoms with Gasteiger partial charge in [-0.15, -0.1) is 0 Å². The van der Waals surface area contributed by atoms with Crippen molar-refractivity contribution in [3.8, 4) is 0 Å². The number of carbonyl (C=O) groups is 3. The number of carbonyl (C=O) groups excluding carboxylic acids is 3. The maximum Gasteiger partial charge on any atom is 0.325 e. The number of H-pyrrole nitrogens is 1. The Balaban J connectivity index is 1.18. The van der Waals surface area contributed by atoms with E-state index in [0.717, 1.165) is 36.1 Å². The first-order valence-electron chi connectivity index (χ1n) is 12.7. The van der Waals surface area contributed by atoms with Crippen LogP contribution < -0.4 is 5.32 Å². The summed E-state index contributed by atoms with van der Waals surface area (Å²) >= 11 is 0. The van der Waals surface area contributed by atoms with Crippen molar-refractivity contribution in [2.45, 2.75) is 70.8 Å². The van der Waals surface area contributed by atoms with Crippen molar-refractivity contribution in [3.63, 3.8) is 0 Å². The fourth-order valence-corrected chi connectivity index (χ4v) is 6.24. The van der Waals surface area contributed by atoms with E-state index < -0.39 is 11.6 Å². The lowest BCUT2D eigenvalue weighted by molar-refractivity contribution is -0.140. The van der Waals surface area contributed by atoms with Gasteiger partial charge in [0.15, 0.2) is 0 Å². The van der Waals surface area contributed by atoms with Crippen molar-refractivity contribution in [2.24, 2.45) is 11.3 Å². The van der Waals surface area contributed by atoms with Crippen LogP contribution in [0.15, 0.2) is 30.5 Å². The molecule has 0 atom stereocenters. The van der Waals surface area contributed by atoms with Crippen LogP contribution in [-0.2, 0) is 9.59 Å². The first-order valence-corrected chi connectivity index (χ1v) is 12.7. The number of likely N-dealkylation sites (tertiary alicyclic amines) is 1. The Labute approximate surface area is 201 Å². The number of rotatable bonds is 3. The number of aromatic nitrogens is 1. The van der Waals surface area contributed by atoms with E-state index in [2.05, 4.69) is 55.5 Å². The maximum atomic E-state index is 13.3. The van der Waals surface area contributed by atoms with Gasteiger partial charge in [0.1, 0.15) is 12.1 Å². The highest BCUT2D eigenvalue weighted by Gasteiger charge is 2.53. The van der Waals surface area contributed by atoms with Gasteiger partial charge >= 0.3 is 6.03 Å². The fourth-order valence-electron chi connectivity index (χ4n) is 6.24. The fraction of sp³-hybridized carbons (Fsp3) is 0.593. The normalized spacial score (nSPS) is 26.5. The van der Waals surface area contributed by atoms with Crippen LogP contribution >= 0.6 is 0 Å².